The fourth-order valence-corrected chi connectivity index (χ4v) is 8.31. The molecule has 0 bridgehead atoms. The Kier molecular flexibility index (Phi) is 12.7. The van der Waals surface area contributed by atoms with Gasteiger partial charge in [-0.15, -0.1) is 0 Å². The van der Waals surface area contributed by atoms with E-state index in [2.05, 4.69) is 95.2 Å². The Morgan fingerprint density at radius 3 is 1.19 bits per heavy atom. The average Bonchev–Trinajstić information content (AvgIpc) is 2.19. The van der Waals surface area contributed by atoms with Crippen LogP contribution < -0.4 is 5.46 Å². The van der Waals surface area contributed by atoms with Gasteiger partial charge in [-0.3, -0.25) is 10.2 Å². The van der Waals surface area contributed by atoms with Gasteiger partial charge < -0.3 is 23.5 Å². The summed E-state index contributed by atoms with van der Waals surface area (Å²) in [5.74, 6) is 0. The van der Waals surface area contributed by atoms with Gasteiger partial charge in [-0.25, -0.2) is 14.0 Å². The molecule has 0 amide bonds. The van der Waals surface area contributed by atoms with E-state index in [0.29, 0.717) is 35.5 Å². The van der Waals surface area contributed by atoms with Crippen LogP contribution in [0.15, 0.2) is 143 Å². The van der Waals surface area contributed by atoms with Crippen molar-refractivity contribution >= 4 is 44.4 Å². The highest BCUT2D eigenvalue weighted by Crippen LogP contribution is 2.37. The van der Waals surface area contributed by atoms with Crippen LogP contribution in [0.1, 0.15) is 121 Å². The summed E-state index contributed by atoms with van der Waals surface area (Å²) >= 11 is 5.96. The van der Waals surface area contributed by atoms with Crippen LogP contribution in [0.25, 0.3) is 44.5 Å². The minimum Gasteiger partial charge on any atom is -0.399 e. The van der Waals surface area contributed by atoms with Crippen molar-refractivity contribution < 1.29 is 40.0 Å². The molecule has 3 unspecified atom stereocenters. The fourth-order valence-electron chi connectivity index (χ4n) is 7.92. The number of benzene rings is 3. The summed E-state index contributed by atoms with van der Waals surface area (Å²) in [6, 6.07) is -1.01. The lowest BCUT2D eigenvalue weighted by molar-refractivity contribution is -0.0395. The lowest BCUT2D eigenvalue weighted by atomic mass is 9.82. The summed E-state index contributed by atoms with van der Waals surface area (Å²) in [6.07, 6.45) is 25.5. The normalized spacial score (nSPS) is 22.6. The quantitative estimate of drug-likeness (QED) is 0.140. The second-order valence-electron chi connectivity index (χ2n) is 18.3. The third-order valence-corrected chi connectivity index (χ3v) is 13.5. The van der Waals surface area contributed by atoms with Gasteiger partial charge in [0.2, 0.25) is 0 Å². The molecule has 2 N–H and O–H groups in total. The maximum atomic E-state index is 8.61. The summed E-state index contributed by atoms with van der Waals surface area (Å²) in [5.41, 5.74) is 3.44. The zero-order chi connectivity index (χ0) is 60.4. The third-order valence-electron chi connectivity index (χ3n) is 12.7. The molecule has 8 aromatic rings. The predicted molar refractivity (Wildman–Crippen MR) is 287 cm³/mol. The van der Waals surface area contributed by atoms with Crippen LogP contribution in [0.2, 0.25) is 0 Å². The third kappa shape index (κ3) is 13.2. The maximum absolute atomic E-state index is 8.61. The predicted octanol–water partition coefficient (Wildman–Crippen LogP) is 12.4. The van der Waals surface area contributed by atoms with Crippen molar-refractivity contribution in [3.63, 3.8) is 0 Å². The maximum Gasteiger partial charge on any atom is 0.498 e. The van der Waals surface area contributed by atoms with Crippen molar-refractivity contribution in [2.45, 2.75) is 115 Å². The van der Waals surface area contributed by atoms with Crippen molar-refractivity contribution in [1.29, 1.82) is 0 Å². The molecule has 0 saturated carbocycles. The molecule has 15 nitrogen and oxygen atoms in total. The van der Waals surface area contributed by atoms with E-state index in [1.54, 1.807) is 46.5 Å². The highest BCUT2D eigenvalue weighted by Gasteiger charge is 2.52. The Hall–Kier alpha value is -5.47. The van der Waals surface area contributed by atoms with Gasteiger partial charge in [0, 0.05) is 93.7 Å². The summed E-state index contributed by atoms with van der Waals surface area (Å²) < 4.78 is 131. The zero-order valence-electron chi connectivity index (χ0n) is 52.4. The molecule has 72 heavy (non-hydrogen) atoms. The van der Waals surface area contributed by atoms with E-state index < -0.39 is 0 Å². The van der Waals surface area contributed by atoms with E-state index >= 15 is 0 Å². The molecule has 0 aliphatic carbocycles. The molecule has 0 radical (unpaired) electrons. The van der Waals surface area contributed by atoms with Crippen LogP contribution in [-0.2, 0) is 23.5 Å². The summed E-state index contributed by atoms with van der Waals surface area (Å²) in [7, 11) is -0.350. The van der Waals surface area contributed by atoms with Crippen molar-refractivity contribution in [3.05, 3.63) is 143 Å². The van der Waals surface area contributed by atoms with Crippen molar-refractivity contribution in [1.82, 2.24) is 49.7 Å². The second kappa shape index (κ2) is 24.0. The Morgan fingerprint density at radius 1 is 0.486 bits per heavy atom. The van der Waals surface area contributed by atoms with Gasteiger partial charge in [-0.1, -0.05) is 80.2 Å². The number of ether oxygens (including phenoxy) is 3. The van der Waals surface area contributed by atoms with Gasteiger partial charge in [0.25, 0.3) is 0 Å². The van der Waals surface area contributed by atoms with Crippen molar-refractivity contribution in [2.24, 2.45) is 0 Å². The molecule has 4 saturated heterocycles. The largest absolute Gasteiger partial charge is 0.498 e. The van der Waals surface area contributed by atoms with Gasteiger partial charge in [-0.2, -0.15) is 25.5 Å². The Bertz CT molecular complexity index is 3260. The van der Waals surface area contributed by atoms with E-state index in [0.717, 1.165) is 63.4 Å². The van der Waals surface area contributed by atoms with Gasteiger partial charge in [0.15, 0.2) is 0 Å². The molecular formula is C54H63BBr2N10O5. The van der Waals surface area contributed by atoms with Crippen LogP contribution in [0, 0.1) is 0 Å². The topological polar surface area (TPSA) is 157 Å². The van der Waals surface area contributed by atoms with Crippen LogP contribution in [0.3, 0.4) is 0 Å². The SMILES string of the molecule is CC1(C)OB(c2cnn(C3CCCCO3)c2)OC1(C)C.[2H]c1c([2H])c(-c2cn[nH]c2)c([2H])c([2H])c1-c1cn[nH]c1.[2H]c1c([2H])c(-c2cnn(C3CCCCO3)c2)c([2H])c([2H])c1-c1cnn(C2CCCCO2)c1.[2H]c1c([2H])c(Br)c([2H])c([2H])c1Br. The molecule has 5 aromatic heterocycles. The summed E-state index contributed by atoms with van der Waals surface area (Å²) in [5, 5.41) is 25.9. The van der Waals surface area contributed by atoms with E-state index in [9.17, 15) is 0 Å². The van der Waals surface area contributed by atoms with Crippen LogP contribution in [0.4, 0.5) is 0 Å². The first-order chi connectivity index (χ1) is 40.0. The molecule has 18 heteroatoms. The Labute approximate surface area is 455 Å². The number of aromatic amines is 2. The second-order valence-corrected chi connectivity index (χ2v) is 19.9. The number of nitrogens with zero attached hydrogens (tertiary/aromatic N) is 8. The summed E-state index contributed by atoms with van der Waals surface area (Å²) in [4.78, 5) is 0. The number of hydrogen-bond donors (Lipinski definition) is 2. The van der Waals surface area contributed by atoms with E-state index in [-0.39, 0.29) is 141 Å². The minimum atomic E-state index is -0.350. The van der Waals surface area contributed by atoms with Gasteiger partial charge >= 0.3 is 7.12 Å². The first kappa shape index (κ1) is 38.2. The molecule has 12 rings (SSSR count). The number of H-pyrrole nitrogens is 2. The summed E-state index contributed by atoms with van der Waals surface area (Å²) in [6.45, 7) is 10.4. The Balaban J connectivity index is 0.000000142. The number of hydrogen-bond acceptors (Lipinski definition) is 10. The van der Waals surface area contributed by atoms with Gasteiger partial charge in [0.05, 0.1) is 52.4 Å². The van der Waals surface area contributed by atoms with Crippen LogP contribution in [0.5, 0.6) is 0 Å². The van der Waals surface area contributed by atoms with Gasteiger partial charge in [0.1, 0.15) is 18.7 Å². The van der Waals surface area contributed by atoms with Crippen LogP contribution in [-0.4, -0.2) is 87.9 Å². The molecule has 4 aliphatic rings. The molecule has 4 aliphatic heterocycles. The highest BCUT2D eigenvalue weighted by atomic mass is 79.9. The minimum absolute atomic E-state index is 0.0555. The molecule has 0 spiro atoms. The Morgan fingerprint density at radius 2 is 0.847 bits per heavy atom. The lowest BCUT2D eigenvalue weighted by Gasteiger charge is -2.32. The average molecular weight is 1110 g/mol. The highest BCUT2D eigenvalue weighted by molar-refractivity contribution is 9.11. The molecule has 9 heterocycles. The standard InChI is InChI=1S/C22H26N4O2.C14H23BN2O3.C12H10N4.C6H4Br2/c1-3-11-27-21(5-1)25-15-19(13-23-25)17-7-9-18(10-8-17)20-14-24-26(16-20)22-6-2-4-12-28-22;1-13(2)14(3,4)20-15(19-13)11-9-16-17(10-11)12-7-5-6-8-18-12;1-2-10(12-7-15-16-8-12)4-3-9(1)11-5-13-14-6-11;7-5-1-2-6(8)4-3-5/h7-10,13-16,21-22H,1-6,11-12H2;9-10,12H,5-8H2,1-4H3;1-8H,(H,13,14)(H,15,16);1-4H/i7D,8D,9D,10D;;2*1D,2D,3D,4D. The number of halogens is 2. The first-order valence-corrected chi connectivity index (χ1v) is 25.5. The van der Waals surface area contributed by atoms with E-state index in [1.165, 1.54) is 18.8 Å². The monoisotopic (exact) mass is 1110 g/mol. The lowest BCUT2D eigenvalue weighted by Crippen LogP contribution is -2.41. The first-order valence-electron chi connectivity index (χ1n) is 29.9. The van der Waals surface area contributed by atoms with Crippen LogP contribution >= 0.6 is 31.9 Å². The molecule has 3 atom stereocenters. The number of nitrogens with one attached hydrogen (secondary N) is 2. The van der Waals surface area contributed by atoms with E-state index in [1.807, 2.05) is 17.1 Å². The molecule has 3 aromatic carbocycles. The molecular weight excluding hydrogens is 1040 g/mol. The zero-order valence-corrected chi connectivity index (χ0v) is 43.6. The van der Waals surface area contributed by atoms with E-state index in [4.69, 9.17) is 40.0 Å². The van der Waals surface area contributed by atoms with Crippen molar-refractivity contribution in [2.75, 3.05) is 19.8 Å². The van der Waals surface area contributed by atoms with Gasteiger partial charge in [-0.05, 0) is 132 Å². The van der Waals surface area contributed by atoms with Crippen molar-refractivity contribution in [3.8, 4) is 44.5 Å². The fraction of sp³-hybridized carbons (Fsp3) is 0.389. The molecule has 4 fully saturated rings. The number of aromatic nitrogens is 10. The molecule has 376 valence electrons. The number of rotatable bonds is 8. The smallest absolute Gasteiger partial charge is 0.399 e.